The molecule has 0 unspecified atom stereocenters. The third-order valence-electron chi connectivity index (χ3n) is 4.78. The second kappa shape index (κ2) is 7.50. The Hall–Kier alpha value is -2.70. The Bertz CT molecular complexity index is 970. The number of aromatic nitrogens is 3. The lowest BCUT2D eigenvalue weighted by molar-refractivity contribution is -0.129. The Morgan fingerprint density at radius 3 is 2.78 bits per heavy atom. The fourth-order valence-electron chi connectivity index (χ4n) is 3.44. The van der Waals surface area contributed by atoms with Gasteiger partial charge in [-0.05, 0) is 30.2 Å². The highest BCUT2D eigenvalue weighted by Crippen LogP contribution is 2.30. The molecule has 138 valence electrons. The lowest BCUT2D eigenvalue weighted by Crippen LogP contribution is -2.49. The van der Waals surface area contributed by atoms with E-state index in [1.807, 2.05) is 61.7 Å². The normalized spacial score (nSPS) is 17.7. The second-order valence-electron chi connectivity index (χ2n) is 6.63. The van der Waals surface area contributed by atoms with Crippen LogP contribution in [0, 0.1) is 6.92 Å². The van der Waals surface area contributed by atoms with Crippen molar-refractivity contribution < 1.29 is 4.79 Å². The van der Waals surface area contributed by atoms with Crippen LogP contribution in [0.3, 0.4) is 0 Å². The van der Waals surface area contributed by atoms with Crippen LogP contribution in [0.2, 0.25) is 5.02 Å². The molecule has 1 aromatic heterocycles. The quantitative estimate of drug-likeness (QED) is 0.754. The van der Waals surface area contributed by atoms with Gasteiger partial charge in [0.1, 0.15) is 6.04 Å². The number of piperazine rings is 1. The minimum absolute atomic E-state index is 0.0411. The zero-order valence-corrected chi connectivity index (χ0v) is 15.7. The Morgan fingerprint density at radius 2 is 1.96 bits per heavy atom. The molecule has 0 radical (unpaired) electrons. The van der Waals surface area contributed by atoms with Gasteiger partial charge in [0, 0.05) is 24.7 Å². The first-order chi connectivity index (χ1) is 13.1. The molecule has 2 aromatic carbocycles. The lowest BCUT2D eigenvalue weighted by Gasteiger charge is -2.35. The predicted molar refractivity (Wildman–Crippen MR) is 104 cm³/mol. The number of nitrogens with one attached hydrogen (secondary N) is 1. The number of carbonyl (C=O) groups excluding carboxylic acids is 1. The molecule has 0 spiro atoms. The van der Waals surface area contributed by atoms with E-state index in [4.69, 9.17) is 11.6 Å². The van der Waals surface area contributed by atoms with E-state index < -0.39 is 6.04 Å². The SMILES string of the molecule is Cc1ccccc1-n1cc(CN2CCNC(=O)[C@@H]2c2ccccc2Cl)nn1. The molecule has 4 rings (SSSR count). The number of para-hydroxylation sites is 1. The van der Waals surface area contributed by atoms with Crippen LogP contribution < -0.4 is 5.32 Å². The molecule has 1 aliphatic rings. The van der Waals surface area contributed by atoms with Crippen LogP contribution in [-0.4, -0.2) is 38.9 Å². The molecule has 0 aliphatic carbocycles. The summed E-state index contributed by atoms with van der Waals surface area (Å²) < 4.78 is 1.78. The Morgan fingerprint density at radius 1 is 1.19 bits per heavy atom. The molecule has 1 atom stereocenters. The monoisotopic (exact) mass is 381 g/mol. The zero-order valence-electron chi connectivity index (χ0n) is 15.0. The van der Waals surface area contributed by atoms with Crippen molar-refractivity contribution in [2.24, 2.45) is 0 Å². The molecule has 1 saturated heterocycles. The maximum Gasteiger partial charge on any atom is 0.242 e. The summed E-state index contributed by atoms with van der Waals surface area (Å²) in [6.07, 6.45) is 1.92. The first kappa shape index (κ1) is 17.7. The minimum atomic E-state index is -0.434. The number of aryl methyl sites for hydroxylation is 1. The molecule has 0 saturated carbocycles. The van der Waals surface area contributed by atoms with Crippen LogP contribution in [0.4, 0.5) is 0 Å². The predicted octanol–water partition coefficient (Wildman–Crippen LogP) is 2.90. The van der Waals surface area contributed by atoms with E-state index in [0.29, 0.717) is 18.1 Å². The van der Waals surface area contributed by atoms with Gasteiger partial charge in [-0.3, -0.25) is 9.69 Å². The third-order valence-corrected chi connectivity index (χ3v) is 5.12. The fourth-order valence-corrected chi connectivity index (χ4v) is 3.68. The van der Waals surface area contributed by atoms with E-state index in [2.05, 4.69) is 20.5 Å². The van der Waals surface area contributed by atoms with E-state index >= 15 is 0 Å². The standard InChI is InChI=1S/C20H20ClN5O/c1-14-6-2-5-9-18(14)26-13-15(23-24-26)12-25-11-10-22-20(27)19(25)16-7-3-4-8-17(16)21/h2-9,13,19H,10-12H2,1H3,(H,22,27)/t19-/m0/s1. The first-order valence-electron chi connectivity index (χ1n) is 8.87. The number of carbonyl (C=O) groups is 1. The van der Waals surface area contributed by atoms with E-state index in [1.54, 1.807) is 4.68 Å². The molecule has 27 heavy (non-hydrogen) atoms. The second-order valence-corrected chi connectivity index (χ2v) is 7.03. The molecular weight excluding hydrogens is 362 g/mol. The molecule has 0 bridgehead atoms. The number of halogens is 1. The summed E-state index contributed by atoms with van der Waals surface area (Å²) in [7, 11) is 0. The number of nitrogens with zero attached hydrogens (tertiary/aromatic N) is 4. The molecular formula is C20H20ClN5O. The van der Waals surface area contributed by atoms with Gasteiger partial charge in [0.2, 0.25) is 5.91 Å². The average molecular weight is 382 g/mol. The summed E-state index contributed by atoms with van der Waals surface area (Å²) in [5.41, 5.74) is 3.74. The third kappa shape index (κ3) is 3.59. The molecule has 6 nitrogen and oxygen atoms in total. The molecule has 1 amide bonds. The van der Waals surface area contributed by atoms with E-state index in [1.165, 1.54) is 0 Å². The van der Waals surface area contributed by atoms with Crippen LogP contribution in [0.5, 0.6) is 0 Å². The van der Waals surface area contributed by atoms with Crippen molar-refractivity contribution in [3.63, 3.8) is 0 Å². The van der Waals surface area contributed by atoms with E-state index in [-0.39, 0.29) is 5.91 Å². The Labute approximate surface area is 162 Å². The minimum Gasteiger partial charge on any atom is -0.353 e. The zero-order chi connectivity index (χ0) is 18.8. The number of hydrogen-bond acceptors (Lipinski definition) is 4. The van der Waals surface area contributed by atoms with Gasteiger partial charge in [0.15, 0.2) is 0 Å². The molecule has 1 fully saturated rings. The number of amides is 1. The van der Waals surface area contributed by atoms with Gasteiger partial charge in [-0.25, -0.2) is 4.68 Å². The van der Waals surface area contributed by atoms with Crippen molar-refractivity contribution in [1.29, 1.82) is 0 Å². The van der Waals surface area contributed by atoms with E-state index in [9.17, 15) is 4.79 Å². The van der Waals surface area contributed by atoms with Crippen LogP contribution in [0.1, 0.15) is 22.9 Å². The maximum atomic E-state index is 12.6. The summed E-state index contributed by atoms with van der Waals surface area (Å²) in [4.78, 5) is 14.7. The van der Waals surface area contributed by atoms with Gasteiger partial charge in [-0.2, -0.15) is 0 Å². The smallest absolute Gasteiger partial charge is 0.242 e. The topological polar surface area (TPSA) is 63.0 Å². The largest absolute Gasteiger partial charge is 0.353 e. The van der Waals surface area contributed by atoms with Crippen molar-refractivity contribution >= 4 is 17.5 Å². The van der Waals surface area contributed by atoms with Crippen LogP contribution in [0.25, 0.3) is 5.69 Å². The van der Waals surface area contributed by atoms with Crippen LogP contribution >= 0.6 is 11.6 Å². The summed E-state index contributed by atoms with van der Waals surface area (Å²) >= 11 is 6.35. The first-order valence-corrected chi connectivity index (χ1v) is 9.24. The molecule has 1 aliphatic heterocycles. The average Bonchev–Trinajstić information content (AvgIpc) is 3.12. The molecule has 2 heterocycles. The van der Waals surface area contributed by atoms with Crippen molar-refractivity contribution in [2.75, 3.05) is 13.1 Å². The Balaban J connectivity index is 1.60. The van der Waals surface area contributed by atoms with Gasteiger partial charge in [0.05, 0.1) is 17.6 Å². The van der Waals surface area contributed by atoms with Crippen LogP contribution in [-0.2, 0) is 11.3 Å². The fraction of sp³-hybridized carbons (Fsp3) is 0.250. The van der Waals surface area contributed by atoms with Gasteiger partial charge in [-0.15, -0.1) is 5.10 Å². The summed E-state index contributed by atoms with van der Waals surface area (Å²) in [5.74, 6) is -0.0411. The van der Waals surface area contributed by atoms with E-state index in [0.717, 1.165) is 29.1 Å². The molecule has 1 N–H and O–H groups in total. The van der Waals surface area contributed by atoms with Gasteiger partial charge in [-0.1, -0.05) is 53.2 Å². The van der Waals surface area contributed by atoms with Crippen molar-refractivity contribution in [3.05, 3.63) is 76.6 Å². The summed E-state index contributed by atoms with van der Waals surface area (Å²) in [5, 5.41) is 12.1. The van der Waals surface area contributed by atoms with Crippen molar-refractivity contribution in [3.8, 4) is 5.69 Å². The van der Waals surface area contributed by atoms with Crippen molar-refractivity contribution in [2.45, 2.75) is 19.5 Å². The lowest BCUT2D eigenvalue weighted by atomic mass is 10.0. The Kier molecular flexibility index (Phi) is 4.92. The summed E-state index contributed by atoms with van der Waals surface area (Å²) in [6.45, 7) is 3.89. The number of rotatable bonds is 4. The van der Waals surface area contributed by atoms with Crippen LogP contribution in [0.15, 0.2) is 54.7 Å². The molecule has 3 aromatic rings. The summed E-state index contributed by atoms with van der Waals surface area (Å²) in [6, 6.07) is 15.1. The van der Waals surface area contributed by atoms with Gasteiger partial charge in [0.25, 0.3) is 0 Å². The van der Waals surface area contributed by atoms with Gasteiger partial charge < -0.3 is 5.32 Å². The van der Waals surface area contributed by atoms with Crippen molar-refractivity contribution in [1.82, 2.24) is 25.2 Å². The van der Waals surface area contributed by atoms with Gasteiger partial charge >= 0.3 is 0 Å². The molecule has 7 heteroatoms. The maximum absolute atomic E-state index is 12.6. The highest BCUT2D eigenvalue weighted by Gasteiger charge is 2.32. The number of hydrogen-bond donors (Lipinski definition) is 1. The number of benzene rings is 2. The highest BCUT2D eigenvalue weighted by molar-refractivity contribution is 6.31. The highest BCUT2D eigenvalue weighted by atomic mass is 35.5.